The van der Waals surface area contributed by atoms with E-state index in [2.05, 4.69) is 31.0 Å². The SMILES string of the molecule is CC(C)C1CNC2(CCCC2)CN1CC1(C)CC1. The van der Waals surface area contributed by atoms with Gasteiger partial charge in [0.2, 0.25) is 0 Å². The minimum atomic E-state index is 0.483. The second-order valence-corrected chi connectivity index (χ2v) is 7.90. The van der Waals surface area contributed by atoms with Gasteiger partial charge < -0.3 is 5.32 Å². The van der Waals surface area contributed by atoms with Gasteiger partial charge in [0.1, 0.15) is 0 Å². The second-order valence-electron chi connectivity index (χ2n) is 7.90. The molecule has 18 heavy (non-hydrogen) atoms. The molecule has 2 heteroatoms. The summed E-state index contributed by atoms with van der Waals surface area (Å²) in [5.41, 5.74) is 1.14. The van der Waals surface area contributed by atoms with Crippen LogP contribution in [0.2, 0.25) is 0 Å². The van der Waals surface area contributed by atoms with Crippen LogP contribution in [0.15, 0.2) is 0 Å². The lowest BCUT2D eigenvalue weighted by molar-refractivity contribution is 0.0427. The van der Waals surface area contributed by atoms with Gasteiger partial charge in [-0.3, -0.25) is 4.90 Å². The van der Waals surface area contributed by atoms with Crippen LogP contribution in [0.3, 0.4) is 0 Å². The molecule has 2 nitrogen and oxygen atoms in total. The summed E-state index contributed by atoms with van der Waals surface area (Å²) in [7, 11) is 0. The van der Waals surface area contributed by atoms with Crippen LogP contribution in [-0.2, 0) is 0 Å². The van der Waals surface area contributed by atoms with Crippen molar-refractivity contribution in [3.8, 4) is 0 Å². The fraction of sp³-hybridized carbons (Fsp3) is 1.00. The molecule has 3 aliphatic rings. The second kappa shape index (κ2) is 4.49. The maximum Gasteiger partial charge on any atom is 0.0309 e. The molecule has 104 valence electrons. The molecular formula is C16H30N2. The van der Waals surface area contributed by atoms with E-state index in [-0.39, 0.29) is 0 Å². The first-order valence-electron chi connectivity index (χ1n) is 8.01. The third kappa shape index (κ3) is 2.46. The Bertz CT molecular complexity index is 300. The number of piperazine rings is 1. The summed E-state index contributed by atoms with van der Waals surface area (Å²) < 4.78 is 0. The quantitative estimate of drug-likeness (QED) is 0.828. The van der Waals surface area contributed by atoms with Crippen molar-refractivity contribution in [3.63, 3.8) is 0 Å². The van der Waals surface area contributed by atoms with Crippen molar-refractivity contribution in [2.75, 3.05) is 19.6 Å². The molecule has 2 saturated carbocycles. The van der Waals surface area contributed by atoms with Crippen molar-refractivity contribution in [1.29, 1.82) is 0 Å². The highest BCUT2D eigenvalue weighted by atomic mass is 15.3. The molecule has 0 aromatic heterocycles. The van der Waals surface area contributed by atoms with E-state index in [1.54, 1.807) is 0 Å². The summed E-state index contributed by atoms with van der Waals surface area (Å²) in [6.07, 6.45) is 8.59. The van der Waals surface area contributed by atoms with Gasteiger partial charge in [0.05, 0.1) is 0 Å². The molecular weight excluding hydrogens is 220 g/mol. The van der Waals surface area contributed by atoms with E-state index in [9.17, 15) is 0 Å². The molecule has 1 atom stereocenters. The number of hydrogen-bond donors (Lipinski definition) is 1. The molecule has 2 aliphatic carbocycles. The Morgan fingerprint density at radius 3 is 2.39 bits per heavy atom. The molecule has 1 heterocycles. The number of nitrogens with one attached hydrogen (secondary N) is 1. The zero-order valence-electron chi connectivity index (χ0n) is 12.5. The van der Waals surface area contributed by atoms with Crippen LogP contribution >= 0.6 is 0 Å². The summed E-state index contributed by atoms with van der Waals surface area (Å²) in [6.45, 7) is 11.1. The predicted octanol–water partition coefficient (Wildman–Crippen LogP) is 3.03. The van der Waals surface area contributed by atoms with Crippen LogP contribution in [0.4, 0.5) is 0 Å². The Morgan fingerprint density at radius 1 is 1.17 bits per heavy atom. The Labute approximate surface area is 113 Å². The van der Waals surface area contributed by atoms with Crippen LogP contribution in [0.5, 0.6) is 0 Å². The molecule has 0 bridgehead atoms. The summed E-state index contributed by atoms with van der Waals surface area (Å²) in [5, 5.41) is 3.92. The van der Waals surface area contributed by atoms with Gasteiger partial charge >= 0.3 is 0 Å². The van der Waals surface area contributed by atoms with E-state index < -0.39 is 0 Å². The molecule has 1 unspecified atom stereocenters. The molecule has 0 aromatic carbocycles. The number of hydrogen-bond acceptors (Lipinski definition) is 2. The minimum Gasteiger partial charge on any atom is -0.308 e. The summed E-state index contributed by atoms with van der Waals surface area (Å²) in [4.78, 5) is 2.85. The van der Waals surface area contributed by atoms with Gasteiger partial charge in [-0.05, 0) is 37.0 Å². The van der Waals surface area contributed by atoms with Gasteiger partial charge in [0, 0.05) is 31.2 Å². The maximum atomic E-state index is 3.92. The summed E-state index contributed by atoms with van der Waals surface area (Å²) in [6, 6.07) is 0.758. The molecule has 1 N–H and O–H groups in total. The molecule has 3 fully saturated rings. The average Bonchev–Trinajstić information content (AvgIpc) is 2.86. The lowest BCUT2D eigenvalue weighted by Crippen LogP contribution is -2.65. The van der Waals surface area contributed by atoms with Crippen molar-refractivity contribution in [1.82, 2.24) is 10.2 Å². The van der Waals surface area contributed by atoms with Crippen molar-refractivity contribution in [2.45, 2.75) is 70.9 Å². The molecule has 0 amide bonds. The van der Waals surface area contributed by atoms with E-state index in [4.69, 9.17) is 0 Å². The fourth-order valence-electron chi connectivity index (χ4n) is 4.09. The van der Waals surface area contributed by atoms with Gasteiger partial charge in [0.25, 0.3) is 0 Å². The first-order chi connectivity index (χ1) is 8.52. The van der Waals surface area contributed by atoms with E-state index in [0.29, 0.717) is 11.0 Å². The Balaban J connectivity index is 1.71. The van der Waals surface area contributed by atoms with Crippen LogP contribution < -0.4 is 5.32 Å². The van der Waals surface area contributed by atoms with Crippen LogP contribution in [0.1, 0.15) is 59.3 Å². The van der Waals surface area contributed by atoms with Gasteiger partial charge in [-0.2, -0.15) is 0 Å². The van der Waals surface area contributed by atoms with Gasteiger partial charge in [0.15, 0.2) is 0 Å². The number of rotatable bonds is 3. The van der Waals surface area contributed by atoms with E-state index in [1.807, 2.05) is 0 Å². The van der Waals surface area contributed by atoms with Gasteiger partial charge in [-0.25, -0.2) is 0 Å². The third-order valence-electron chi connectivity index (χ3n) is 5.68. The van der Waals surface area contributed by atoms with Crippen molar-refractivity contribution < 1.29 is 0 Å². The Kier molecular flexibility index (Phi) is 3.22. The highest BCUT2D eigenvalue weighted by Crippen LogP contribution is 2.47. The molecule has 3 rings (SSSR count). The number of nitrogens with zero attached hydrogens (tertiary/aromatic N) is 1. The fourth-order valence-corrected chi connectivity index (χ4v) is 4.09. The highest BCUT2D eigenvalue weighted by Gasteiger charge is 2.46. The zero-order valence-corrected chi connectivity index (χ0v) is 12.5. The Hall–Kier alpha value is -0.0800. The standard InChI is InChI=1S/C16H30N2/c1-13(2)14-10-17-16(6-4-5-7-16)12-18(14)11-15(3)8-9-15/h13-14,17H,4-12H2,1-3H3. The monoisotopic (exact) mass is 250 g/mol. The Morgan fingerprint density at radius 2 is 1.83 bits per heavy atom. The molecule has 0 radical (unpaired) electrons. The topological polar surface area (TPSA) is 15.3 Å². The summed E-state index contributed by atoms with van der Waals surface area (Å²) in [5.74, 6) is 0.776. The smallest absolute Gasteiger partial charge is 0.0309 e. The minimum absolute atomic E-state index is 0.483. The third-order valence-corrected chi connectivity index (χ3v) is 5.68. The van der Waals surface area contributed by atoms with E-state index in [0.717, 1.165) is 12.0 Å². The van der Waals surface area contributed by atoms with Crippen molar-refractivity contribution in [3.05, 3.63) is 0 Å². The normalized spacial score (nSPS) is 34.3. The van der Waals surface area contributed by atoms with Crippen molar-refractivity contribution in [2.24, 2.45) is 11.3 Å². The van der Waals surface area contributed by atoms with Crippen LogP contribution in [-0.4, -0.2) is 36.1 Å². The highest BCUT2D eigenvalue weighted by molar-refractivity contribution is 5.04. The lowest BCUT2D eigenvalue weighted by atomic mass is 9.88. The molecule has 1 spiro atoms. The lowest BCUT2D eigenvalue weighted by Gasteiger charge is -2.48. The van der Waals surface area contributed by atoms with Crippen LogP contribution in [0, 0.1) is 11.3 Å². The van der Waals surface area contributed by atoms with Gasteiger partial charge in [-0.15, -0.1) is 0 Å². The predicted molar refractivity (Wildman–Crippen MR) is 76.7 cm³/mol. The molecule has 0 aromatic rings. The largest absolute Gasteiger partial charge is 0.308 e. The van der Waals surface area contributed by atoms with E-state index in [1.165, 1.54) is 58.2 Å². The molecule has 1 aliphatic heterocycles. The van der Waals surface area contributed by atoms with Crippen LogP contribution in [0.25, 0.3) is 0 Å². The zero-order chi connectivity index (χ0) is 12.8. The molecule has 1 saturated heterocycles. The van der Waals surface area contributed by atoms with Crippen molar-refractivity contribution >= 4 is 0 Å². The maximum absolute atomic E-state index is 3.92. The summed E-state index contributed by atoms with van der Waals surface area (Å²) >= 11 is 0. The van der Waals surface area contributed by atoms with Gasteiger partial charge in [-0.1, -0.05) is 33.6 Å². The first-order valence-corrected chi connectivity index (χ1v) is 8.01. The van der Waals surface area contributed by atoms with E-state index >= 15 is 0 Å². The average molecular weight is 250 g/mol. The first kappa shape index (κ1) is 12.9.